The first-order valence-corrected chi connectivity index (χ1v) is 12.4. The summed E-state index contributed by atoms with van der Waals surface area (Å²) in [5, 5.41) is 12.0. The number of pyridine rings is 2. The predicted molar refractivity (Wildman–Crippen MR) is 135 cm³/mol. The van der Waals surface area contributed by atoms with Crippen LogP contribution >= 0.6 is 0 Å². The molecule has 2 aromatic heterocycles. The molecule has 0 aromatic carbocycles. The lowest BCUT2D eigenvalue weighted by atomic mass is 9.68. The van der Waals surface area contributed by atoms with Gasteiger partial charge < -0.3 is 9.64 Å². The molecule has 11 nitrogen and oxygen atoms in total. The minimum atomic E-state index is -1.66. The van der Waals surface area contributed by atoms with E-state index >= 15 is 4.39 Å². The first kappa shape index (κ1) is 25.5. The number of nitrogens with one attached hydrogen (secondary N) is 1. The van der Waals surface area contributed by atoms with Crippen LogP contribution < -0.4 is 15.0 Å². The van der Waals surface area contributed by atoms with Gasteiger partial charge in [0.1, 0.15) is 40.4 Å². The summed E-state index contributed by atoms with van der Waals surface area (Å²) in [5.74, 6) is 0.435. The molecule has 0 spiro atoms. The number of urea groups is 1. The molecule has 3 amide bonds. The van der Waals surface area contributed by atoms with Crippen molar-refractivity contribution >= 4 is 29.9 Å². The van der Waals surface area contributed by atoms with Gasteiger partial charge in [-0.25, -0.2) is 19.2 Å². The number of hydrogen-bond donors (Lipinski definition) is 1. The zero-order valence-electron chi connectivity index (χ0n) is 21.4. The molecule has 1 saturated heterocycles. The SMILES string of the molecule is CC(C)Oc1cc(NC(=O)N2c3nc(C=O)c(CN4CCN(C)CC4=O)cc3C3(F)CC2C3)ncc1C#N. The van der Waals surface area contributed by atoms with Crippen molar-refractivity contribution in [3.05, 3.63) is 40.7 Å². The molecule has 3 aliphatic heterocycles. The molecule has 1 N–H and O–H groups in total. The minimum absolute atomic E-state index is 0.0577. The van der Waals surface area contributed by atoms with Gasteiger partial charge in [0.15, 0.2) is 6.29 Å². The van der Waals surface area contributed by atoms with Crippen molar-refractivity contribution in [2.24, 2.45) is 0 Å². The second-order valence-electron chi connectivity index (χ2n) is 10.2. The number of amides is 3. The van der Waals surface area contributed by atoms with E-state index in [0.717, 1.165) is 0 Å². The topological polar surface area (TPSA) is 132 Å². The van der Waals surface area contributed by atoms with E-state index in [4.69, 9.17) is 4.74 Å². The molecule has 6 rings (SSSR count). The maximum absolute atomic E-state index is 15.7. The van der Waals surface area contributed by atoms with Crippen molar-refractivity contribution in [1.82, 2.24) is 19.8 Å². The van der Waals surface area contributed by atoms with Gasteiger partial charge in [0, 0.05) is 55.7 Å². The van der Waals surface area contributed by atoms with E-state index in [-0.39, 0.29) is 72.1 Å². The van der Waals surface area contributed by atoms with Crippen LogP contribution in [-0.4, -0.2) is 76.8 Å². The smallest absolute Gasteiger partial charge is 0.328 e. The highest BCUT2D eigenvalue weighted by Crippen LogP contribution is 2.55. The lowest BCUT2D eigenvalue weighted by Crippen LogP contribution is -2.60. The number of carbonyl (C=O) groups excluding carboxylic acids is 3. The summed E-state index contributed by atoms with van der Waals surface area (Å²) in [5.41, 5.74) is -0.693. The zero-order valence-corrected chi connectivity index (χ0v) is 21.4. The van der Waals surface area contributed by atoms with Crippen molar-refractivity contribution in [2.45, 2.75) is 51.0 Å². The number of anilines is 2. The molecular formula is C26H28FN7O4. The summed E-state index contributed by atoms with van der Waals surface area (Å²) < 4.78 is 21.4. The molecule has 0 atom stereocenters. The Morgan fingerprint density at radius 1 is 1.37 bits per heavy atom. The molecule has 38 heavy (non-hydrogen) atoms. The molecule has 2 fully saturated rings. The van der Waals surface area contributed by atoms with Crippen LogP contribution in [0.3, 0.4) is 0 Å². The zero-order chi connectivity index (χ0) is 27.2. The number of nitrogens with zero attached hydrogens (tertiary/aromatic N) is 6. The third-order valence-electron chi connectivity index (χ3n) is 7.09. The molecule has 1 aliphatic carbocycles. The highest BCUT2D eigenvalue weighted by Gasteiger charge is 2.57. The Labute approximate surface area is 219 Å². The van der Waals surface area contributed by atoms with E-state index in [1.807, 2.05) is 31.9 Å². The number of carbonyl (C=O) groups is 3. The number of aromatic nitrogens is 2. The van der Waals surface area contributed by atoms with Gasteiger partial charge >= 0.3 is 6.03 Å². The highest BCUT2D eigenvalue weighted by molar-refractivity contribution is 6.03. The third kappa shape index (κ3) is 4.54. The number of rotatable bonds is 6. The number of likely N-dealkylation sites (N-methyl/N-ethyl adjacent to an activating group) is 1. The Morgan fingerprint density at radius 3 is 2.79 bits per heavy atom. The Kier molecular flexibility index (Phi) is 6.48. The molecule has 2 aromatic rings. The number of nitriles is 1. The first-order chi connectivity index (χ1) is 18.1. The maximum Gasteiger partial charge on any atom is 0.328 e. The van der Waals surface area contributed by atoms with Crippen LogP contribution in [0, 0.1) is 11.3 Å². The van der Waals surface area contributed by atoms with Crippen LogP contribution in [0.25, 0.3) is 0 Å². The number of ether oxygens (including phenoxy) is 1. The van der Waals surface area contributed by atoms with Gasteiger partial charge in [0.25, 0.3) is 0 Å². The fourth-order valence-electron chi connectivity index (χ4n) is 5.13. The molecule has 2 bridgehead atoms. The number of halogens is 1. The average molecular weight is 522 g/mol. The van der Waals surface area contributed by atoms with Crippen molar-refractivity contribution in [3.8, 4) is 11.8 Å². The van der Waals surface area contributed by atoms with Crippen molar-refractivity contribution in [2.75, 3.05) is 36.9 Å². The standard InChI is InChI=1S/C26H28FN7O4/c1-15(2)38-21-7-22(29-11-17(21)10-28)31-25(37)34-18-8-26(27,9-18)19-6-16(20(14-35)30-24(19)34)12-33-5-4-32(3)13-23(33)36/h6-7,11,14-15,18H,4-5,8-9,12-13H2,1-3H3,(H,29,31,37). The molecule has 4 aliphatic rings. The monoisotopic (exact) mass is 521 g/mol. The van der Waals surface area contributed by atoms with Gasteiger partial charge in [-0.1, -0.05) is 0 Å². The average Bonchev–Trinajstić information content (AvgIpc) is 2.84. The van der Waals surface area contributed by atoms with Crippen LogP contribution in [0.15, 0.2) is 18.3 Å². The summed E-state index contributed by atoms with van der Waals surface area (Å²) >= 11 is 0. The van der Waals surface area contributed by atoms with E-state index in [1.54, 1.807) is 11.0 Å². The van der Waals surface area contributed by atoms with Crippen molar-refractivity contribution in [3.63, 3.8) is 0 Å². The second kappa shape index (κ2) is 9.64. The Hall–Kier alpha value is -4.11. The van der Waals surface area contributed by atoms with Crippen LogP contribution in [0.5, 0.6) is 5.75 Å². The summed E-state index contributed by atoms with van der Waals surface area (Å²) in [6.07, 6.45) is 1.88. The Bertz CT molecular complexity index is 1350. The number of piperazine rings is 1. The first-order valence-electron chi connectivity index (χ1n) is 12.4. The van der Waals surface area contributed by atoms with Crippen LogP contribution in [0.2, 0.25) is 0 Å². The van der Waals surface area contributed by atoms with Crippen LogP contribution in [-0.2, 0) is 17.0 Å². The molecule has 0 unspecified atom stereocenters. The van der Waals surface area contributed by atoms with E-state index in [2.05, 4.69) is 15.3 Å². The molecule has 12 heteroatoms. The van der Waals surface area contributed by atoms with Gasteiger partial charge in [0.05, 0.1) is 18.8 Å². The summed E-state index contributed by atoms with van der Waals surface area (Å²) in [4.78, 5) is 51.3. The fourth-order valence-corrected chi connectivity index (χ4v) is 5.13. The van der Waals surface area contributed by atoms with Gasteiger partial charge in [-0.15, -0.1) is 0 Å². The Balaban J connectivity index is 1.44. The normalized spacial score (nSPS) is 22.4. The van der Waals surface area contributed by atoms with Crippen molar-refractivity contribution < 1.29 is 23.5 Å². The van der Waals surface area contributed by atoms with E-state index in [1.165, 1.54) is 17.2 Å². The lowest BCUT2D eigenvalue weighted by molar-refractivity contribution is -0.136. The van der Waals surface area contributed by atoms with Gasteiger partial charge in [-0.3, -0.25) is 24.7 Å². The molecule has 0 radical (unpaired) electrons. The number of alkyl halides is 1. The Morgan fingerprint density at radius 2 is 2.13 bits per heavy atom. The van der Waals surface area contributed by atoms with Gasteiger partial charge in [-0.05, 0) is 27.0 Å². The molecule has 1 saturated carbocycles. The molecule has 198 valence electrons. The van der Waals surface area contributed by atoms with Gasteiger partial charge in [-0.2, -0.15) is 5.26 Å². The van der Waals surface area contributed by atoms with E-state index in [0.29, 0.717) is 24.9 Å². The summed E-state index contributed by atoms with van der Waals surface area (Å²) in [6.45, 7) is 5.22. The predicted octanol–water partition coefficient (Wildman–Crippen LogP) is 2.60. The second-order valence-corrected chi connectivity index (χ2v) is 10.2. The van der Waals surface area contributed by atoms with Crippen LogP contribution in [0.1, 0.15) is 53.9 Å². The maximum atomic E-state index is 15.7. The van der Waals surface area contributed by atoms with Crippen LogP contribution in [0.4, 0.5) is 20.8 Å². The quantitative estimate of drug-likeness (QED) is 0.574. The largest absolute Gasteiger partial charge is 0.489 e. The van der Waals surface area contributed by atoms with E-state index in [9.17, 15) is 19.6 Å². The fraction of sp³-hybridized carbons (Fsp3) is 0.462. The lowest BCUT2D eigenvalue weighted by Gasteiger charge is -2.52. The van der Waals surface area contributed by atoms with E-state index < -0.39 is 17.7 Å². The highest BCUT2D eigenvalue weighted by atomic mass is 19.1. The molecular weight excluding hydrogens is 493 g/mol. The van der Waals surface area contributed by atoms with Crippen molar-refractivity contribution in [1.29, 1.82) is 5.26 Å². The van der Waals surface area contributed by atoms with Gasteiger partial charge in [0.2, 0.25) is 5.91 Å². The third-order valence-corrected chi connectivity index (χ3v) is 7.09. The summed E-state index contributed by atoms with van der Waals surface area (Å²) in [7, 11) is 1.86. The number of aldehydes is 1. The minimum Gasteiger partial charge on any atom is -0.489 e. The number of hydrogen-bond acceptors (Lipinski definition) is 8. The summed E-state index contributed by atoms with van der Waals surface area (Å²) in [6, 6.07) is 4.01. The molecule has 5 heterocycles.